The summed E-state index contributed by atoms with van der Waals surface area (Å²) in [5.74, 6) is -0.344. The van der Waals surface area contributed by atoms with Crippen molar-refractivity contribution < 1.29 is 19.1 Å². The van der Waals surface area contributed by atoms with E-state index in [0.29, 0.717) is 16.7 Å². The molecule has 0 amide bonds. The van der Waals surface area contributed by atoms with Crippen molar-refractivity contribution in [3.63, 3.8) is 0 Å². The van der Waals surface area contributed by atoms with E-state index >= 15 is 0 Å². The summed E-state index contributed by atoms with van der Waals surface area (Å²) in [7, 11) is 0. The van der Waals surface area contributed by atoms with Crippen molar-refractivity contribution in [2.24, 2.45) is 0 Å². The van der Waals surface area contributed by atoms with Crippen LogP contribution in [0.15, 0.2) is 30.6 Å². The highest BCUT2D eigenvalue weighted by atomic mass is 16.6. The fourth-order valence-corrected chi connectivity index (χ4v) is 2.58. The van der Waals surface area contributed by atoms with E-state index in [-0.39, 0.29) is 18.7 Å². The van der Waals surface area contributed by atoms with Gasteiger partial charge in [-0.15, -0.1) is 0 Å². The van der Waals surface area contributed by atoms with Crippen molar-refractivity contribution in [2.45, 2.75) is 39.7 Å². The number of carbonyl (C=O) groups excluding carboxylic acids is 2. The van der Waals surface area contributed by atoms with E-state index in [1.165, 1.54) is 0 Å². The second-order valence-corrected chi connectivity index (χ2v) is 7.32. The Morgan fingerprint density at radius 1 is 1.11 bits per heavy atom. The second kappa shape index (κ2) is 7.75. The molecule has 0 saturated heterocycles. The lowest BCUT2D eigenvalue weighted by Gasteiger charge is -2.19. The van der Waals surface area contributed by atoms with Crippen molar-refractivity contribution in [2.75, 3.05) is 6.61 Å². The van der Waals surface area contributed by atoms with Crippen LogP contribution in [0.1, 0.15) is 43.5 Å². The van der Waals surface area contributed by atoms with E-state index in [4.69, 9.17) is 9.47 Å². The maximum absolute atomic E-state index is 12.4. The van der Waals surface area contributed by atoms with E-state index < -0.39 is 17.5 Å². The number of nitrogens with one attached hydrogen (secondary N) is 1. The zero-order chi connectivity index (χ0) is 20.3. The number of rotatable bonds is 5. The maximum Gasteiger partial charge on any atom is 0.359 e. The van der Waals surface area contributed by atoms with Crippen LogP contribution in [0.5, 0.6) is 0 Å². The van der Waals surface area contributed by atoms with Crippen LogP contribution in [0.25, 0.3) is 22.0 Å². The topological polar surface area (TPSA) is 107 Å². The lowest BCUT2D eigenvalue weighted by atomic mass is 10.1. The van der Waals surface area contributed by atoms with Crippen molar-refractivity contribution in [1.29, 1.82) is 0 Å². The van der Waals surface area contributed by atoms with Crippen LogP contribution >= 0.6 is 0 Å². The minimum atomic E-state index is -0.605. The Balaban J connectivity index is 1.72. The van der Waals surface area contributed by atoms with Crippen LogP contribution in [0.3, 0.4) is 0 Å². The fourth-order valence-electron chi connectivity index (χ4n) is 2.58. The summed E-state index contributed by atoms with van der Waals surface area (Å²) in [6, 6.07) is 5.55. The number of hydrogen-bond acceptors (Lipinski definition) is 7. The zero-order valence-electron chi connectivity index (χ0n) is 16.3. The predicted molar refractivity (Wildman–Crippen MR) is 103 cm³/mol. The minimum Gasteiger partial charge on any atom is -0.460 e. The summed E-state index contributed by atoms with van der Waals surface area (Å²) in [4.78, 5) is 32.5. The number of carbonyl (C=O) groups is 2. The van der Waals surface area contributed by atoms with Gasteiger partial charge in [0.25, 0.3) is 0 Å². The molecule has 8 heteroatoms. The zero-order valence-corrected chi connectivity index (χ0v) is 16.3. The lowest BCUT2D eigenvalue weighted by molar-refractivity contribution is -0.155. The summed E-state index contributed by atoms with van der Waals surface area (Å²) in [6.07, 6.45) is 3.43. The normalized spacial score (nSPS) is 11.4. The van der Waals surface area contributed by atoms with Crippen molar-refractivity contribution >= 4 is 22.8 Å². The van der Waals surface area contributed by atoms with Crippen LogP contribution in [-0.2, 0) is 14.3 Å². The molecule has 1 N–H and O–H groups in total. The Labute approximate surface area is 162 Å². The molecule has 146 valence electrons. The number of esters is 2. The Morgan fingerprint density at radius 2 is 1.82 bits per heavy atom. The summed E-state index contributed by atoms with van der Waals surface area (Å²) < 4.78 is 10.4. The SMILES string of the molecule is Cc1ncc(-c2ccc3[nH]nc(C(=O)OCCC(=O)OC(C)(C)C)c3c2)cn1. The first-order valence-corrected chi connectivity index (χ1v) is 8.89. The Morgan fingerprint density at radius 3 is 2.50 bits per heavy atom. The van der Waals surface area contributed by atoms with E-state index in [1.807, 2.05) is 25.1 Å². The molecule has 0 aliphatic carbocycles. The monoisotopic (exact) mass is 382 g/mol. The molecule has 2 heterocycles. The van der Waals surface area contributed by atoms with Crippen molar-refractivity contribution in [3.8, 4) is 11.1 Å². The number of hydrogen-bond donors (Lipinski definition) is 1. The van der Waals surface area contributed by atoms with Gasteiger partial charge in [-0.3, -0.25) is 9.89 Å². The number of fused-ring (bicyclic) bond motifs is 1. The Hall–Kier alpha value is -3.29. The molecule has 0 atom stereocenters. The highest BCUT2D eigenvalue weighted by Crippen LogP contribution is 2.25. The summed E-state index contributed by atoms with van der Waals surface area (Å²) >= 11 is 0. The van der Waals surface area contributed by atoms with E-state index in [1.54, 1.807) is 33.2 Å². The van der Waals surface area contributed by atoms with Crippen LogP contribution in [0, 0.1) is 6.92 Å². The standard InChI is InChI=1S/C20H22N4O4/c1-12-21-10-14(11-22-12)13-5-6-16-15(9-13)18(24-23-16)19(26)27-8-7-17(25)28-20(2,3)4/h5-6,9-11H,7-8H2,1-4H3,(H,23,24). The number of benzene rings is 1. The molecule has 0 radical (unpaired) electrons. The molecule has 2 aromatic heterocycles. The maximum atomic E-state index is 12.4. The predicted octanol–water partition coefficient (Wildman–Crippen LogP) is 3.22. The van der Waals surface area contributed by atoms with Gasteiger partial charge < -0.3 is 9.47 Å². The average molecular weight is 382 g/mol. The summed E-state index contributed by atoms with van der Waals surface area (Å²) in [5.41, 5.74) is 1.98. The van der Waals surface area contributed by atoms with Gasteiger partial charge in [-0.05, 0) is 45.4 Å². The molecule has 8 nitrogen and oxygen atoms in total. The number of aromatic amines is 1. The molecule has 3 aromatic rings. The van der Waals surface area contributed by atoms with Crippen LogP contribution < -0.4 is 0 Å². The van der Waals surface area contributed by atoms with Gasteiger partial charge in [-0.25, -0.2) is 14.8 Å². The molecular weight excluding hydrogens is 360 g/mol. The molecule has 0 unspecified atom stereocenters. The molecule has 0 fully saturated rings. The number of H-pyrrole nitrogens is 1. The highest BCUT2D eigenvalue weighted by molar-refractivity contribution is 6.03. The molecule has 0 aliphatic rings. The first kappa shape index (κ1) is 19.5. The largest absolute Gasteiger partial charge is 0.460 e. The molecule has 0 spiro atoms. The quantitative estimate of drug-likeness (QED) is 0.675. The van der Waals surface area contributed by atoms with Gasteiger partial charge >= 0.3 is 11.9 Å². The lowest BCUT2D eigenvalue weighted by Crippen LogP contribution is -2.24. The van der Waals surface area contributed by atoms with Gasteiger partial charge in [0.2, 0.25) is 0 Å². The van der Waals surface area contributed by atoms with Crippen LogP contribution in [-0.4, -0.2) is 44.3 Å². The van der Waals surface area contributed by atoms with Gasteiger partial charge in [0.05, 0.1) is 11.9 Å². The highest BCUT2D eigenvalue weighted by Gasteiger charge is 2.19. The Bertz CT molecular complexity index is 1000. The average Bonchev–Trinajstić information content (AvgIpc) is 3.04. The summed E-state index contributed by atoms with van der Waals surface area (Å²) in [5, 5.41) is 7.49. The Kier molecular flexibility index (Phi) is 5.39. The molecule has 0 saturated carbocycles. The third-order valence-corrected chi connectivity index (χ3v) is 3.83. The smallest absolute Gasteiger partial charge is 0.359 e. The second-order valence-electron chi connectivity index (χ2n) is 7.32. The molecular formula is C20H22N4O4. The van der Waals surface area contributed by atoms with E-state index in [9.17, 15) is 9.59 Å². The number of aromatic nitrogens is 4. The van der Waals surface area contributed by atoms with Gasteiger partial charge in [0.15, 0.2) is 5.69 Å². The molecule has 28 heavy (non-hydrogen) atoms. The van der Waals surface area contributed by atoms with Crippen molar-refractivity contribution in [3.05, 3.63) is 42.1 Å². The van der Waals surface area contributed by atoms with Gasteiger partial charge in [-0.1, -0.05) is 6.07 Å². The molecule has 0 bridgehead atoms. The van der Waals surface area contributed by atoms with Crippen LogP contribution in [0.4, 0.5) is 0 Å². The minimum absolute atomic E-state index is 0.0165. The first-order valence-electron chi connectivity index (χ1n) is 8.89. The molecule has 3 rings (SSSR count). The van der Waals surface area contributed by atoms with Gasteiger partial charge in [-0.2, -0.15) is 5.10 Å². The third kappa shape index (κ3) is 4.70. The molecule has 0 aliphatic heterocycles. The third-order valence-electron chi connectivity index (χ3n) is 3.83. The summed E-state index contributed by atoms with van der Waals surface area (Å²) in [6.45, 7) is 7.08. The van der Waals surface area contributed by atoms with Gasteiger partial charge in [0, 0.05) is 23.3 Å². The van der Waals surface area contributed by atoms with Crippen molar-refractivity contribution in [1.82, 2.24) is 20.2 Å². The fraction of sp³-hybridized carbons (Fsp3) is 0.350. The number of aryl methyl sites for hydroxylation is 1. The number of nitrogens with zero attached hydrogens (tertiary/aromatic N) is 3. The first-order chi connectivity index (χ1) is 13.2. The number of ether oxygens (including phenoxy) is 2. The van der Waals surface area contributed by atoms with Gasteiger partial charge in [0.1, 0.15) is 18.0 Å². The van der Waals surface area contributed by atoms with E-state index in [0.717, 1.165) is 11.1 Å². The van der Waals surface area contributed by atoms with E-state index in [2.05, 4.69) is 20.2 Å². The van der Waals surface area contributed by atoms with Crippen LogP contribution in [0.2, 0.25) is 0 Å². The molecule has 1 aromatic carbocycles.